The second-order valence-electron chi connectivity index (χ2n) is 3.86. The summed E-state index contributed by atoms with van der Waals surface area (Å²) in [6.07, 6.45) is 1.64. The van der Waals surface area contributed by atoms with Crippen LogP contribution in [0.25, 0.3) is 0 Å². The van der Waals surface area contributed by atoms with Crippen molar-refractivity contribution in [2.45, 2.75) is 13.5 Å². The smallest absolute Gasteiger partial charge is 0.256 e. The lowest BCUT2D eigenvalue weighted by Gasteiger charge is -2.16. The van der Waals surface area contributed by atoms with Gasteiger partial charge in [-0.2, -0.15) is 0 Å². The quantitative estimate of drug-likeness (QED) is 0.815. The van der Waals surface area contributed by atoms with Crippen LogP contribution in [-0.2, 0) is 6.54 Å². The number of carbonyl (C=O) groups is 1. The molecule has 18 heavy (non-hydrogen) atoms. The molecule has 0 atom stereocenters. The Kier molecular flexibility index (Phi) is 4.08. The van der Waals surface area contributed by atoms with Crippen LogP contribution in [0.4, 0.5) is 0 Å². The van der Waals surface area contributed by atoms with E-state index in [0.29, 0.717) is 16.7 Å². The molecule has 2 heterocycles. The van der Waals surface area contributed by atoms with Crippen molar-refractivity contribution in [3.8, 4) is 0 Å². The lowest BCUT2D eigenvalue weighted by Crippen LogP contribution is -2.26. The van der Waals surface area contributed by atoms with Crippen molar-refractivity contribution >= 4 is 33.2 Å². The van der Waals surface area contributed by atoms with Gasteiger partial charge in [-0.25, -0.2) is 9.97 Å². The molecule has 0 unspecified atom stereocenters. The molecule has 0 aliphatic heterocycles. The zero-order chi connectivity index (χ0) is 13.1. The number of aryl methyl sites for hydroxylation is 1. The minimum absolute atomic E-state index is 0.0689. The van der Waals surface area contributed by atoms with E-state index in [-0.39, 0.29) is 5.91 Å². The summed E-state index contributed by atoms with van der Waals surface area (Å²) in [6, 6.07) is 3.50. The Morgan fingerprint density at radius 1 is 1.56 bits per heavy atom. The summed E-state index contributed by atoms with van der Waals surface area (Å²) in [5.41, 5.74) is 1.47. The molecule has 0 aliphatic rings. The monoisotopic (exact) mass is 325 g/mol. The van der Waals surface area contributed by atoms with Crippen molar-refractivity contribution < 1.29 is 4.79 Å². The molecule has 2 rings (SSSR count). The Morgan fingerprint density at radius 3 is 2.94 bits per heavy atom. The highest BCUT2D eigenvalue weighted by molar-refractivity contribution is 9.10. The third kappa shape index (κ3) is 2.94. The predicted molar refractivity (Wildman–Crippen MR) is 74.6 cm³/mol. The fourth-order valence-electron chi connectivity index (χ4n) is 1.55. The van der Waals surface area contributed by atoms with Crippen LogP contribution in [-0.4, -0.2) is 27.8 Å². The largest absolute Gasteiger partial charge is 0.336 e. The van der Waals surface area contributed by atoms with E-state index in [0.717, 1.165) is 10.7 Å². The number of nitrogens with zero attached hydrogens (tertiary/aromatic N) is 3. The summed E-state index contributed by atoms with van der Waals surface area (Å²) in [5, 5.41) is 2.98. The molecule has 0 radical (unpaired) electrons. The van der Waals surface area contributed by atoms with Crippen molar-refractivity contribution in [2.24, 2.45) is 0 Å². The molecule has 0 saturated heterocycles. The summed E-state index contributed by atoms with van der Waals surface area (Å²) in [5.74, 6) is -0.0689. The van der Waals surface area contributed by atoms with Gasteiger partial charge in [0.15, 0.2) is 0 Å². The van der Waals surface area contributed by atoms with Gasteiger partial charge in [0, 0.05) is 18.6 Å². The molecule has 1 amide bonds. The summed E-state index contributed by atoms with van der Waals surface area (Å²) >= 11 is 4.87. The summed E-state index contributed by atoms with van der Waals surface area (Å²) in [6.45, 7) is 2.46. The first-order valence-electron chi connectivity index (χ1n) is 5.35. The van der Waals surface area contributed by atoms with E-state index in [2.05, 4.69) is 25.9 Å². The molecule has 6 heteroatoms. The van der Waals surface area contributed by atoms with E-state index in [9.17, 15) is 4.79 Å². The normalized spacial score (nSPS) is 10.4. The molecule has 0 bridgehead atoms. The first-order chi connectivity index (χ1) is 8.58. The van der Waals surface area contributed by atoms with E-state index in [1.807, 2.05) is 12.3 Å². The molecular weight excluding hydrogens is 314 g/mol. The van der Waals surface area contributed by atoms with Crippen LogP contribution in [0, 0.1) is 6.92 Å². The number of aromatic nitrogens is 2. The van der Waals surface area contributed by atoms with Crippen molar-refractivity contribution in [2.75, 3.05) is 7.05 Å². The molecule has 2 aromatic heterocycles. The van der Waals surface area contributed by atoms with Crippen LogP contribution < -0.4 is 0 Å². The minimum atomic E-state index is -0.0689. The summed E-state index contributed by atoms with van der Waals surface area (Å²) in [7, 11) is 1.76. The molecule has 94 valence electrons. The van der Waals surface area contributed by atoms with Crippen LogP contribution in [0.3, 0.4) is 0 Å². The highest BCUT2D eigenvalue weighted by Crippen LogP contribution is 2.16. The Balaban J connectivity index is 2.12. The molecule has 2 aromatic rings. The number of amides is 1. The SMILES string of the molecule is Cc1nc(CN(C)C(=O)c2cccnc2Br)cs1. The fourth-order valence-corrected chi connectivity index (χ4v) is 2.57. The number of rotatable bonds is 3. The average molecular weight is 326 g/mol. The van der Waals surface area contributed by atoms with Gasteiger partial charge in [-0.1, -0.05) is 0 Å². The zero-order valence-electron chi connectivity index (χ0n) is 10.1. The Hall–Kier alpha value is -1.27. The van der Waals surface area contributed by atoms with Gasteiger partial charge in [0.05, 0.1) is 22.8 Å². The lowest BCUT2D eigenvalue weighted by molar-refractivity contribution is 0.0782. The van der Waals surface area contributed by atoms with E-state index >= 15 is 0 Å². The lowest BCUT2D eigenvalue weighted by atomic mass is 10.2. The van der Waals surface area contributed by atoms with Gasteiger partial charge < -0.3 is 4.90 Å². The number of hydrogen-bond acceptors (Lipinski definition) is 4. The number of thiazole rings is 1. The van der Waals surface area contributed by atoms with Gasteiger partial charge in [0.25, 0.3) is 5.91 Å². The van der Waals surface area contributed by atoms with Crippen molar-refractivity contribution in [1.29, 1.82) is 0 Å². The average Bonchev–Trinajstić information content (AvgIpc) is 2.74. The number of halogens is 1. The molecule has 4 nitrogen and oxygen atoms in total. The topological polar surface area (TPSA) is 46.1 Å². The second kappa shape index (κ2) is 5.58. The van der Waals surface area contributed by atoms with Crippen LogP contribution in [0.2, 0.25) is 0 Å². The third-order valence-electron chi connectivity index (χ3n) is 2.40. The maximum Gasteiger partial charge on any atom is 0.256 e. The van der Waals surface area contributed by atoms with Gasteiger partial charge in [-0.05, 0) is 35.0 Å². The molecule has 0 aromatic carbocycles. The van der Waals surface area contributed by atoms with Gasteiger partial charge in [-0.15, -0.1) is 11.3 Å². The molecule has 0 spiro atoms. The van der Waals surface area contributed by atoms with Crippen molar-refractivity contribution in [1.82, 2.24) is 14.9 Å². The second-order valence-corrected chi connectivity index (χ2v) is 5.67. The zero-order valence-corrected chi connectivity index (χ0v) is 12.5. The number of pyridine rings is 1. The Morgan fingerprint density at radius 2 is 2.33 bits per heavy atom. The summed E-state index contributed by atoms with van der Waals surface area (Å²) in [4.78, 5) is 22.2. The van der Waals surface area contributed by atoms with Crippen LogP contribution >= 0.6 is 27.3 Å². The maximum atomic E-state index is 12.2. The standard InChI is InChI=1S/C12H12BrN3OS/c1-8-15-9(7-18-8)6-16(2)12(17)10-4-3-5-14-11(10)13/h3-5,7H,6H2,1-2H3. The molecule has 0 saturated carbocycles. The highest BCUT2D eigenvalue weighted by atomic mass is 79.9. The van der Waals surface area contributed by atoms with Gasteiger partial charge >= 0.3 is 0 Å². The molecule has 0 aliphatic carbocycles. The maximum absolute atomic E-state index is 12.2. The number of carbonyl (C=O) groups excluding carboxylic acids is 1. The van der Waals surface area contributed by atoms with Crippen molar-refractivity contribution in [3.63, 3.8) is 0 Å². The van der Waals surface area contributed by atoms with E-state index in [1.54, 1.807) is 41.6 Å². The van der Waals surface area contributed by atoms with Crippen LogP contribution in [0.5, 0.6) is 0 Å². The predicted octanol–water partition coefficient (Wildman–Crippen LogP) is 2.88. The van der Waals surface area contributed by atoms with E-state index in [4.69, 9.17) is 0 Å². The molecule has 0 N–H and O–H groups in total. The first-order valence-corrected chi connectivity index (χ1v) is 7.02. The number of hydrogen-bond donors (Lipinski definition) is 0. The van der Waals surface area contributed by atoms with Gasteiger partial charge in [0.2, 0.25) is 0 Å². The van der Waals surface area contributed by atoms with Crippen LogP contribution in [0.1, 0.15) is 21.1 Å². The third-order valence-corrected chi connectivity index (χ3v) is 3.86. The molecule has 0 fully saturated rings. The van der Waals surface area contributed by atoms with Gasteiger partial charge in [-0.3, -0.25) is 4.79 Å². The summed E-state index contributed by atoms with van der Waals surface area (Å²) < 4.78 is 0.566. The van der Waals surface area contributed by atoms with Gasteiger partial charge in [0.1, 0.15) is 4.60 Å². The minimum Gasteiger partial charge on any atom is -0.336 e. The van der Waals surface area contributed by atoms with Crippen LogP contribution in [0.15, 0.2) is 28.3 Å². The van der Waals surface area contributed by atoms with E-state index in [1.165, 1.54) is 0 Å². The fraction of sp³-hybridized carbons (Fsp3) is 0.250. The van der Waals surface area contributed by atoms with Crippen molar-refractivity contribution in [3.05, 3.63) is 44.6 Å². The first kappa shape index (κ1) is 13.2. The highest BCUT2D eigenvalue weighted by Gasteiger charge is 2.16. The van der Waals surface area contributed by atoms with E-state index < -0.39 is 0 Å². The Labute approximate surface area is 118 Å². The Bertz CT molecular complexity index is 570. The molecular formula is C12H12BrN3OS.